The molecule has 2 aromatic rings. The molecule has 0 aliphatic carbocycles. The maximum atomic E-state index is 4.25. The highest BCUT2D eigenvalue weighted by Gasteiger charge is 2.07. The average molecular weight is 315 g/mol. The number of nitrogens with zero attached hydrogens (tertiary/aromatic N) is 3. The summed E-state index contributed by atoms with van der Waals surface area (Å²) in [6, 6.07) is 2.52. The third-order valence-corrected chi connectivity index (χ3v) is 4.34. The lowest BCUT2D eigenvalue weighted by Gasteiger charge is -2.10. The van der Waals surface area contributed by atoms with E-state index >= 15 is 0 Å². The van der Waals surface area contributed by atoms with Crippen molar-refractivity contribution in [1.82, 2.24) is 20.1 Å². The molecule has 0 saturated heterocycles. The molecule has 0 amide bonds. The molecule has 17 heavy (non-hydrogen) atoms. The number of nitrogens with one attached hydrogen (secondary N) is 1. The van der Waals surface area contributed by atoms with Crippen molar-refractivity contribution in [3.63, 3.8) is 0 Å². The van der Waals surface area contributed by atoms with E-state index in [0.717, 1.165) is 23.3 Å². The summed E-state index contributed by atoms with van der Waals surface area (Å²) in [6.45, 7) is 3.06. The Balaban J connectivity index is 1.78. The molecular weight excluding hydrogens is 300 g/mol. The molecular formula is C11H15BrN4S. The van der Waals surface area contributed by atoms with Crippen molar-refractivity contribution in [3.8, 4) is 0 Å². The highest BCUT2D eigenvalue weighted by Crippen LogP contribution is 2.25. The SMILES string of the molecule is CC(NCCc1ncn(C)n1)c1cc(Br)cs1. The van der Waals surface area contributed by atoms with Gasteiger partial charge in [-0.2, -0.15) is 5.10 Å². The van der Waals surface area contributed by atoms with Gasteiger partial charge in [-0.25, -0.2) is 4.98 Å². The molecule has 0 aromatic carbocycles. The Labute approximate surface area is 113 Å². The van der Waals surface area contributed by atoms with Gasteiger partial charge in [0.1, 0.15) is 6.33 Å². The van der Waals surface area contributed by atoms with Crippen LogP contribution in [-0.2, 0) is 13.5 Å². The minimum Gasteiger partial charge on any atom is -0.309 e. The summed E-state index contributed by atoms with van der Waals surface area (Å²) < 4.78 is 2.88. The third kappa shape index (κ3) is 3.62. The van der Waals surface area contributed by atoms with Gasteiger partial charge in [-0.3, -0.25) is 4.68 Å². The smallest absolute Gasteiger partial charge is 0.151 e. The minimum atomic E-state index is 0.370. The Kier molecular flexibility index (Phi) is 4.31. The van der Waals surface area contributed by atoms with Gasteiger partial charge >= 0.3 is 0 Å². The maximum Gasteiger partial charge on any atom is 0.151 e. The molecule has 0 bridgehead atoms. The van der Waals surface area contributed by atoms with Crippen LogP contribution in [0.4, 0.5) is 0 Å². The summed E-state index contributed by atoms with van der Waals surface area (Å²) in [5.74, 6) is 0.888. The highest BCUT2D eigenvalue weighted by molar-refractivity contribution is 9.10. The van der Waals surface area contributed by atoms with Crippen LogP contribution in [0.3, 0.4) is 0 Å². The van der Waals surface area contributed by atoms with Crippen molar-refractivity contribution < 1.29 is 0 Å². The molecule has 0 fully saturated rings. The number of rotatable bonds is 5. The topological polar surface area (TPSA) is 42.7 Å². The van der Waals surface area contributed by atoms with Gasteiger partial charge in [0.2, 0.25) is 0 Å². The van der Waals surface area contributed by atoms with Crippen molar-refractivity contribution >= 4 is 27.3 Å². The fourth-order valence-corrected chi connectivity index (χ4v) is 3.03. The van der Waals surface area contributed by atoms with E-state index in [2.05, 4.69) is 49.7 Å². The van der Waals surface area contributed by atoms with Gasteiger partial charge in [0, 0.05) is 40.8 Å². The first-order chi connectivity index (χ1) is 8.15. The lowest BCUT2D eigenvalue weighted by Crippen LogP contribution is -2.21. The third-order valence-electron chi connectivity index (χ3n) is 2.46. The Morgan fingerprint density at radius 3 is 3.00 bits per heavy atom. The molecule has 0 aliphatic heterocycles. The lowest BCUT2D eigenvalue weighted by molar-refractivity contribution is 0.575. The van der Waals surface area contributed by atoms with Crippen LogP contribution in [0.5, 0.6) is 0 Å². The summed E-state index contributed by atoms with van der Waals surface area (Å²) in [4.78, 5) is 5.54. The molecule has 1 atom stereocenters. The zero-order valence-corrected chi connectivity index (χ0v) is 12.3. The summed E-state index contributed by atoms with van der Waals surface area (Å²) in [5.41, 5.74) is 0. The molecule has 92 valence electrons. The average Bonchev–Trinajstić information content (AvgIpc) is 2.88. The monoisotopic (exact) mass is 314 g/mol. The number of aryl methyl sites for hydroxylation is 1. The first-order valence-electron chi connectivity index (χ1n) is 5.47. The largest absolute Gasteiger partial charge is 0.309 e. The normalized spacial score (nSPS) is 12.9. The molecule has 1 N–H and O–H groups in total. The fourth-order valence-electron chi connectivity index (χ4n) is 1.55. The summed E-state index contributed by atoms with van der Waals surface area (Å²) in [6.07, 6.45) is 2.59. The molecule has 2 aromatic heterocycles. The van der Waals surface area contributed by atoms with Gasteiger partial charge in [0.05, 0.1) is 0 Å². The Hall–Kier alpha value is -0.720. The molecule has 2 rings (SSSR count). The van der Waals surface area contributed by atoms with E-state index in [1.165, 1.54) is 4.88 Å². The molecule has 0 spiro atoms. The van der Waals surface area contributed by atoms with Crippen LogP contribution >= 0.6 is 27.3 Å². The van der Waals surface area contributed by atoms with E-state index in [9.17, 15) is 0 Å². The van der Waals surface area contributed by atoms with Gasteiger partial charge in [-0.05, 0) is 28.9 Å². The second-order valence-corrected chi connectivity index (χ2v) is 5.79. The zero-order valence-electron chi connectivity index (χ0n) is 9.85. The Morgan fingerprint density at radius 2 is 2.41 bits per heavy atom. The van der Waals surface area contributed by atoms with Crippen LogP contribution in [0.15, 0.2) is 22.2 Å². The second kappa shape index (κ2) is 5.75. The molecule has 6 heteroatoms. The number of thiophene rings is 1. The van der Waals surface area contributed by atoms with E-state index in [4.69, 9.17) is 0 Å². The summed E-state index contributed by atoms with van der Waals surface area (Å²) >= 11 is 5.23. The van der Waals surface area contributed by atoms with Gasteiger partial charge in [-0.15, -0.1) is 11.3 Å². The van der Waals surface area contributed by atoms with E-state index in [1.54, 1.807) is 22.3 Å². The standard InChI is InChI=1S/C11H15BrN4S/c1-8(10-5-9(12)6-17-10)13-4-3-11-14-7-16(2)15-11/h5-8,13H,3-4H2,1-2H3. The van der Waals surface area contributed by atoms with Gasteiger partial charge in [0.15, 0.2) is 5.82 Å². The predicted octanol–water partition coefficient (Wildman–Crippen LogP) is 2.53. The predicted molar refractivity (Wildman–Crippen MR) is 73.1 cm³/mol. The Bertz CT molecular complexity index is 479. The fraction of sp³-hybridized carbons (Fsp3) is 0.455. The summed E-state index contributed by atoms with van der Waals surface area (Å²) in [7, 11) is 1.88. The first kappa shape index (κ1) is 12.7. The van der Waals surface area contributed by atoms with Crippen molar-refractivity contribution in [2.45, 2.75) is 19.4 Å². The van der Waals surface area contributed by atoms with Crippen LogP contribution in [0.25, 0.3) is 0 Å². The van der Waals surface area contributed by atoms with E-state index in [-0.39, 0.29) is 0 Å². The van der Waals surface area contributed by atoms with Crippen LogP contribution in [0.1, 0.15) is 23.7 Å². The molecule has 0 radical (unpaired) electrons. The van der Waals surface area contributed by atoms with Crippen LogP contribution in [-0.4, -0.2) is 21.3 Å². The van der Waals surface area contributed by atoms with Gasteiger partial charge in [-0.1, -0.05) is 0 Å². The lowest BCUT2D eigenvalue weighted by atomic mass is 10.2. The van der Waals surface area contributed by atoms with Crippen LogP contribution in [0, 0.1) is 0 Å². The van der Waals surface area contributed by atoms with Crippen LogP contribution < -0.4 is 5.32 Å². The number of hydrogen-bond acceptors (Lipinski definition) is 4. The van der Waals surface area contributed by atoms with E-state index in [1.807, 2.05) is 7.05 Å². The number of hydrogen-bond donors (Lipinski definition) is 1. The van der Waals surface area contributed by atoms with E-state index in [0.29, 0.717) is 6.04 Å². The zero-order chi connectivity index (χ0) is 12.3. The van der Waals surface area contributed by atoms with Crippen molar-refractivity contribution in [1.29, 1.82) is 0 Å². The first-order valence-corrected chi connectivity index (χ1v) is 7.14. The van der Waals surface area contributed by atoms with Crippen LogP contribution in [0.2, 0.25) is 0 Å². The van der Waals surface area contributed by atoms with Crippen molar-refractivity contribution in [2.75, 3.05) is 6.54 Å². The van der Waals surface area contributed by atoms with Crippen molar-refractivity contribution in [2.24, 2.45) is 7.05 Å². The Morgan fingerprint density at radius 1 is 1.59 bits per heavy atom. The number of halogens is 1. The number of aromatic nitrogens is 3. The quantitative estimate of drug-likeness (QED) is 0.922. The maximum absolute atomic E-state index is 4.25. The van der Waals surface area contributed by atoms with Gasteiger partial charge < -0.3 is 5.32 Å². The summed E-state index contributed by atoms with van der Waals surface area (Å²) in [5, 5.41) is 9.82. The molecule has 1 unspecified atom stereocenters. The highest BCUT2D eigenvalue weighted by atomic mass is 79.9. The molecule has 2 heterocycles. The molecule has 4 nitrogen and oxygen atoms in total. The minimum absolute atomic E-state index is 0.370. The van der Waals surface area contributed by atoms with Gasteiger partial charge in [0.25, 0.3) is 0 Å². The van der Waals surface area contributed by atoms with E-state index < -0.39 is 0 Å². The second-order valence-electron chi connectivity index (χ2n) is 3.93. The molecule has 0 saturated carbocycles. The van der Waals surface area contributed by atoms with Crippen molar-refractivity contribution in [3.05, 3.63) is 32.9 Å². The molecule has 0 aliphatic rings.